The summed E-state index contributed by atoms with van der Waals surface area (Å²) in [7, 11) is 0. The highest BCUT2D eigenvalue weighted by molar-refractivity contribution is 5.53. The molecule has 0 aliphatic heterocycles. The van der Waals surface area contributed by atoms with Crippen molar-refractivity contribution in [2.24, 2.45) is 0 Å². The minimum absolute atomic E-state index is 0.160. The normalized spacial score (nSPS) is 11.0. The van der Waals surface area contributed by atoms with Gasteiger partial charge in [0.15, 0.2) is 11.5 Å². The fraction of sp³-hybridized carbons (Fsp3) is 0.122. The lowest BCUT2D eigenvalue weighted by Crippen LogP contribution is -2.18. The fourth-order valence-electron chi connectivity index (χ4n) is 5.44. The number of nitro groups is 2. The molecule has 10 heteroatoms. The van der Waals surface area contributed by atoms with Crippen molar-refractivity contribution in [1.82, 2.24) is 0 Å². The molecule has 0 unspecified atom stereocenters. The van der Waals surface area contributed by atoms with Crippen LogP contribution in [0.4, 0.5) is 11.4 Å². The molecule has 0 heterocycles. The minimum atomic E-state index is -0.488. The van der Waals surface area contributed by atoms with E-state index >= 15 is 0 Å². The third-order valence-electron chi connectivity index (χ3n) is 8.35. The average molecular weight is 683 g/mol. The Morgan fingerprint density at radius 1 is 0.490 bits per heavy atom. The van der Waals surface area contributed by atoms with Crippen LogP contribution in [0.5, 0.6) is 34.5 Å². The molecular formula is C41H34N2O8. The zero-order chi connectivity index (χ0) is 35.8. The van der Waals surface area contributed by atoms with Crippen molar-refractivity contribution >= 4 is 11.4 Å². The van der Waals surface area contributed by atoms with Crippen LogP contribution in [0.1, 0.15) is 36.1 Å². The molecule has 51 heavy (non-hydrogen) atoms. The molecule has 0 aromatic heterocycles. The maximum Gasteiger partial charge on any atom is 0.314 e. The quantitative estimate of drug-likeness (QED) is 0.0821. The smallest absolute Gasteiger partial charge is 0.314 e. The van der Waals surface area contributed by atoms with E-state index in [0.717, 1.165) is 22.3 Å². The summed E-state index contributed by atoms with van der Waals surface area (Å²) in [5.74, 6) is 2.00. The highest BCUT2D eigenvalue weighted by atomic mass is 16.6. The van der Waals surface area contributed by atoms with Crippen molar-refractivity contribution in [1.29, 1.82) is 0 Å². The Bertz CT molecular complexity index is 1970. The van der Waals surface area contributed by atoms with Crippen molar-refractivity contribution in [3.63, 3.8) is 0 Å². The molecule has 6 rings (SSSR count). The number of nitrogens with zero attached hydrogens (tertiary/aromatic N) is 2. The summed E-state index contributed by atoms with van der Waals surface area (Å²) in [6.07, 6.45) is 0. The minimum Gasteiger partial charge on any atom is -0.482 e. The number of nitro benzene ring substituents is 2. The number of rotatable bonds is 14. The second kappa shape index (κ2) is 15.3. The summed E-state index contributed by atoms with van der Waals surface area (Å²) in [6, 6.07) is 43.0. The fourth-order valence-corrected chi connectivity index (χ4v) is 5.44. The second-order valence-electron chi connectivity index (χ2n) is 12.2. The van der Waals surface area contributed by atoms with Crippen molar-refractivity contribution in [3.8, 4) is 34.5 Å². The Hall–Kier alpha value is -6.68. The molecule has 0 N–H and O–H groups in total. The predicted molar refractivity (Wildman–Crippen MR) is 193 cm³/mol. The van der Waals surface area contributed by atoms with Gasteiger partial charge in [-0.3, -0.25) is 20.2 Å². The molecule has 0 amide bonds. The first-order valence-electron chi connectivity index (χ1n) is 16.1. The van der Waals surface area contributed by atoms with Gasteiger partial charge in [-0.15, -0.1) is 0 Å². The van der Waals surface area contributed by atoms with E-state index in [1.165, 1.54) is 12.1 Å². The van der Waals surface area contributed by atoms with Crippen LogP contribution in [0.25, 0.3) is 0 Å². The third-order valence-corrected chi connectivity index (χ3v) is 8.35. The molecule has 0 atom stereocenters. The van der Waals surface area contributed by atoms with Gasteiger partial charge in [0, 0.05) is 5.41 Å². The van der Waals surface area contributed by atoms with Gasteiger partial charge in [0.1, 0.15) is 36.2 Å². The predicted octanol–water partition coefficient (Wildman–Crippen LogP) is 10.6. The Kier molecular flexibility index (Phi) is 10.2. The first kappa shape index (κ1) is 34.2. The van der Waals surface area contributed by atoms with Gasteiger partial charge >= 0.3 is 11.4 Å². The van der Waals surface area contributed by atoms with Crippen LogP contribution in [-0.2, 0) is 18.6 Å². The van der Waals surface area contributed by atoms with Gasteiger partial charge in [-0.1, -0.05) is 98.8 Å². The Morgan fingerprint density at radius 2 is 0.843 bits per heavy atom. The highest BCUT2D eigenvalue weighted by Crippen LogP contribution is 2.38. The summed E-state index contributed by atoms with van der Waals surface area (Å²) in [6.45, 7) is 4.60. The molecule has 0 saturated heterocycles. The second-order valence-corrected chi connectivity index (χ2v) is 12.2. The lowest BCUT2D eigenvalue weighted by molar-refractivity contribution is -0.386. The Morgan fingerprint density at radius 3 is 1.20 bits per heavy atom. The Balaban J connectivity index is 1.09. The molecule has 0 radical (unpaired) electrons. The summed E-state index contributed by atoms with van der Waals surface area (Å²) in [5, 5.41) is 23.6. The molecule has 0 saturated carbocycles. The summed E-state index contributed by atoms with van der Waals surface area (Å²) in [5.41, 5.74) is 3.07. The monoisotopic (exact) mass is 682 g/mol. The van der Waals surface area contributed by atoms with Crippen LogP contribution in [0.2, 0.25) is 0 Å². The molecular weight excluding hydrogens is 648 g/mol. The first-order chi connectivity index (χ1) is 24.7. The highest BCUT2D eigenvalue weighted by Gasteiger charge is 2.24. The maximum absolute atomic E-state index is 11.8. The number of ether oxygens (including phenoxy) is 4. The van der Waals surface area contributed by atoms with Gasteiger partial charge in [-0.2, -0.15) is 0 Å². The van der Waals surface area contributed by atoms with Crippen LogP contribution >= 0.6 is 0 Å². The van der Waals surface area contributed by atoms with Gasteiger partial charge in [0.25, 0.3) is 0 Å². The van der Waals surface area contributed by atoms with E-state index < -0.39 is 15.3 Å². The van der Waals surface area contributed by atoms with Gasteiger partial charge < -0.3 is 18.9 Å². The van der Waals surface area contributed by atoms with Crippen molar-refractivity contribution in [2.45, 2.75) is 32.5 Å². The molecule has 0 bridgehead atoms. The summed E-state index contributed by atoms with van der Waals surface area (Å²) >= 11 is 0. The van der Waals surface area contributed by atoms with Crippen LogP contribution < -0.4 is 18.9 Å². The van der Waals surface area contributed by atoms with Crippen molar-refractivity contribution in [3.05, 3.63) is 188 Å². The number of hydrogen-bond donors (Lipinski definition) is 0. The van der Waals surface area contributed by atoms with Crippen molar-refractivity contribution < 1.29 is 28.8 Å². The van der Waals surface area contributed by atoms with E-state index in [1.54, 1.807) is 24.3 Å². The molecule has 0 fully saturated rings. The number of benzene rings is 6. The molecule has 6 aromatic rings. The maximum atomic E-state index is 11.8. The SMILES string of the molecule is CC(C)(c1ccc(Oc2ccc(OCc3ccccc3)c([N+](=O)[O-])c2)cc1)c1ccc(Oc2ccc(OCc3ccccc3)c([N+](=O)[O-])c2)cc1. The van der Waals surface area contributed by atoms with Crippen LogP contribution in [0.15, 0.2) is 146 Å². The summed E-state index contributed by atoms with van der Waals surface area (Å²) < 4.78 is 23.4. The van der Waals surface area contributed by atoms with Gasteiger partial charge in [-0.25, -0.2) is 0 Å². The van der Waals surface area contributed by atoms with Crippen LogP contribution in [0.3, 0.4) is 0 Å². The van der Waals surface area contributed by atoms with E-state index in [9.17, 15) is 20.2 Å². The molecule has 6 aromatic carbocycles. The van der Waals surface area contributed by atoms with E-state index in [0.29, 0.717) is 23.0 Å². The molecule has 10 nitrogen and oxygen atoms in total. The van der Waals surface area contributed by atoms with Gasteiger partial charge in [0.05, 0.1) is 22.0 Å². The van der Waals surface area contributed by atoms with E-state index in [1.807, 2.05) is 109 Å². The zero-order valence-corrected chi connectivity index (χ0v) is 27.9. The third kappa shape index (κ3) is 8.49. The molecule has 0 aliphatic rings. The lowest BCUT2D eigenvalue weighted by atomic mass is 9.78. The van der Waals surface area contributed by atoms with Gasteiger partial charge in [-0.05, 0) is 70.8 Å². The standard InChI is InChI=1S/C41H34N2O8/c1-41(2,31-13-17-33(18-14-31)50-35-21-23-39(37(25-35)42(44)45)48-27-29-9-5-3-6-10-29)32-15-19-34(20-16-32)51-36-22-24-40(38(26-36)43(46)47)49-28-30-11-7-4-8-12-30/h3-26H,27-28H2,1-2H3. The largest absolute Gasteiger partial charge is 0.482 e. The molecule has 256 valence electrons. The van der Waals surface area contributed by atoms with E-state index in [2.05, 4.69) is 13.8 Å². The number of hydrogen-bond acceptors (Lipinski definition) is 8. The van der Waals surface area contributed by atoms with E-state index in [4.69, 9.17) is 18.9 Å². The Labute approximate surface area is 294 Å². The molecule has 0 aliphatic carbocycles. The first-order valence-corrected chi connectivity index (χ1v) is 16.1. The summed E-state index contributed by atoms with van der Waals surface area (Å²) in [4.78, 5) is 22.6. The average Bonchev–Trinajstić information content (AvgIpc) is 3.15. The topological polar surface area (TPSA) is 123 Å². The van der Waals surface area contributed by atoms with Crippen LogP contribution in [0, 0.1) is 20.2 Å². The van der Waals surface area contributed by atoms with E-state index in [-0.39, 0.29) is 36.1 Å². The zero-order valence-electron chi connectivity index (χ0n) is 27.9. The van der Waals surface area contributed by atoms with Gasteiger partial charge in [0.2, 0.25) is 0 Å². The lowest BCUT2D eigenvalue weighted by Gasteiger charge is -2.26. The van der Waals surface area contributed by atoms with Crippen molar-refractivity contribution in [2.75, 3.05) is 0 Å². The molecule has 0 spiro atoms. The van der Waals surface area contributed by atoms with Crippen LogP contribution in [-0.4, -0.2) is 9.85 Å².